The van der Waals surface area contributed by atoms with Gasteiger partial charge in [0.1, 0.15) is 11.8 Å². The van der Waals surface area contributed by atoms with Crippen molar-refractivity contribution in [3.63, 3.8) is 0 Å². The summed E-state index contributed by atoms with van der Waals surface area (Å²) in [6.45, 7) is 0. The van der Waals surface area contributed by atoms with Gasteiger partial charge in [-0.2, -0.15) is 5.10 Å². The Morgan fingerprint density at radius 2 is 2.18 bits per heavy atom. The first-order valence-electron chi connectivity index (χ1n) is 6.01. The van der Waals surface area contributed by atoms with Crippen LogP contribution in [0.1, 0.15) is 42.6 Å². The molecule has 1 N–H and O–H groups in total. The van der Waals surface area contributed by atoms with Crippen LogP contribution in [-0.4, -0.2) is 26.8 Å². The SMILES string of the molecule is Cn1ncc(Br)c1C(=O)C(O)C1CCCCC1. The van der Waals surface area contributed by atoms with Crippen LogP contribution in [0.15, 0.2) is 10.7 Å². The lowest BCUT2D eigenvalue weighted by atomic mass is 9.83. The summed E-state index contributed by atoms with van der Waals surface area (Å²) < 4.78 is 2.17. The van der Waals surface area contributed by atoms with Crippen LogP contribution in [-0.2, 0) is 7.05 Å². The lowest BCUT2D eigenvalue weighted by Gasteiger charge is -2.25. The molecule has 0 saturated heterocycles. The van der Waals surface area contributed by atoms with Gasteiger partial charge in [0.2, 0.25) is 5.78 Å². The second-order valence-electron chi connectivity index (χ2n) is 4.67. The minimum atomic E-state index is -0.887. The van der Waals surface area contributed by atoms with Crippen molar-refractivity contribution >= 4 is 21.7 Å². The Labute approximate surface area is 109 Å². The third kappa shape index (κ3) is 2.60. The summed E-state index contributed by atoms with van der Waals surface area (Å²) in [5, 5.41) is 14.2. The molecule has 4 nitrogen and oxygen atoms in total. The number of aromatic nitrogens is 2. The van der Waals surface area contributed by atoms with E-state index in [2.05, 4.69) is 21.0 Å². The highest BCUT2D eigenvalue weighted by molar-refractivity contribution is 9.10. The van der Waals surface area contributed by atoms with Gasteiger partial charge < -0.3 is 5.11 Å². The van der Waals surface area contributed by atoms with E-state index in [9.17, 15) is 9.90 Å². The molecular weight excluding hydrogens is 284 g/mol. The molecule has 1 aliphatic carbocycles. The second kappa shape index (κ2) is 5.31. The van der Waals surface area contributed by atoms with Gasteiger partial charge in [0.15, 0.2) is 0 Å². The normalized spacial score (nSPS) is 19.2. The number of carbonyl (C=O) groups is 1. The summed E-state index contributed by atoms with van der Waals surface area (Å²) in [5.74, 6) is -0.109. The van der Waals surface area contributed by atoms with Crippen LogP contribution >= 0.6 is 15.9 Å². The zero-order valence-electron chi connectivity index (χ0n) is 9.90. The number of hydrogen-bond acceptors (Lipinski definition) is 3. The summed E-state index contributed by atoms with van der Waals surface area (Å²) >= 11 is 3.29. The van der Waals surface area contributed by atoms with Crippen molar-refractivity contribution in [1.29, 1.82) is 0 Å². The first kappa shape index (κ1) is 12.8. The first-order chi connectivity index (χ1) is 8.11. The number of hydrogen-bond donors (Lipinski definition) is 1. The van der Waals surface area contributed by atoms with Gasteiger partial charge in [-0.15, -0.1) is 0 Å². The van der Waals surface area contributed by atoms with Crippen LogP contribution in [0, 0.1) is 5.92 Å². The molecule has 1 aromatic heterocycles. The molecule has 94 valence electrons. The van der Waals surface area contributed by atoms with E-state index >= 15 is 0 Å². The Hall–Kier alpha value is -0.680. The monoisotopic (exact) mass is 300 g/mol. The molecule has 1 atom stereocenters. The van der Waals surface area contributed by atoms with Crippen molar-refractivity contribution in [2.75, 3.05) is 0 Å². The Balaban J connectivity index is 2.14. The van der Waals surface area contributed by atoms with Crippen molar-refractivity contribution in [1.82, 2.24) is 9.78 Å². The minimum absolute atomic E-state index is 0.109. The molecule has 1 aromatic rings. The van der Waals surface area contributed by atoms with Crippen LogP contribution in [0.4, 0.5) is 0 Å². The molecule has 2 rings (SSSR count). The Bertz CT molecular complexity index is 391. The molecule has 0 aliphatic heterocycles. The molecule has 1 fully saturated rings. The number of nitrogens with zero attached hydrogens (tertiary/aromatic N) is 2. The molecule has 0 radical (unpaired) electrons. The van der Waals surface area contributed by atoms with Crippen molar-refractivity contribution in [3.05, 3.63) is 16.4 Å². The lowest BCUT2D eigenvalue weighted by Crippen LogP contribution is -2.32. The van der Waals surface area contributed by atoms with Gasteiger partial charge in [0.25, 0.3) is 0 Å². The van der Waals surface area contributed by atoms with Crippen molar-refractivity contribution in [3.8, 4) is 0 Å². The lowest BCUT2D eigenvalue weighted by molar-refractivity contribution is 0.0524. The third-order valence-electron chi connectivity index (χ3n) is 3.49. The highest BCUT2D eigenvalue weighted by atomic mass is 79.9. The van der Waals surface area contributed by atoms with Crippen LogP contribution in [0.25, 0.3) is 0 Å². The quantitative estimate of drug-likeness (QED) is 0.872. The average molecular weight is 301 g/mol. The van der Waals surface area contributed by atoms with E-state index in [1.165, 1.54) is 11.1 Å². The second-order valence-corrected chi connectivity index (χ2v) is 5.53. The third-order valence-corrected chi connectivity index (χ3v) is 4.07. The molecule has 0 bridgehead atoms. The Morgan fingerprint density at radius 1 is 1.53 bits per heavy atom. The first-order valence-corrected chi connectivity index (χ1v) is 6.80. The summed E-state index contributed by atoms with van der Waals surface area (Å²) in [5.41, 5.74) is 0.461. The molecule has 1 aliphatic rings. The van der Waals surface area contributed by atoms with Crippen molar-refractivity contribution in [2.24, 2.45) is 13.0 Å². The molecule has 1 unspecified atom stereocenters. The number of Topliss-reactive ketones (excluding diaryl/α,β-unsaturated/α-hetero) is 1. The molecule has 0 spiro atoms. The number of rotatable bonds is 3. The predicted molar refractivity (Wildman–Crippen MR) is 67.8 cm³/mol. The van der Waals surface area contributed by atoms with E-state index in [-0.39, 0.29) is 11.7 Å². The van der Waals surface area contributed by atoms with Crippen LogP contribution in [0.3, 0.4) is 0 Å². The predicted octanol–water partition coefficient (Wildman–Crippen LogP) is 2.31. The fraction of sp³-hybridized carbons (Fsp3) is 0.667. The van der Waals surface area contributed by atoms with Gasteiger partial charge in [-0.3, -0.25) is 9.48 Å². The maximum Gasteiger partial charge on any atom is 0.210 e. The van der Waals surface area contributed by atoms with E-state index in [1.807, 2.05) is 0 Å². The van der Waals surface area contributed by atoms with Gasteiger partial charge in [0.05, 0.1) is 10.7 Å². The molecule has 1 saturated carbocycles. The topological polar surface area (TPSA) is 55.1 Å². The molecular formula is C12H17BrN2O2. The fourth-order valence-corrected chi connectivity index (χ4v) is 3.04. The van der Waals surface area contributed by atoms with Crippen LogP contribution in [0.5, 0.6) is 0 Å². The van der Waals surface area contributed by atoms with Crippen molar-refractivity contribution < 1.29 is 9.90 Å². The van der Waals surface area contributed by atoms with Gasteiger partial charge in [-0.1, -0.05) is 19.3 Å². The zero-order valence-corrected chi connectivity index (χ0v) is 11.5. The van der Waals surface area contributed by atoms with E-state index in [4.69, 9.17) is 0 Å². The van der Waals surface area contributed by atoms with Gasteiger partial charge in [-0.05, 0) is 34.7 Å². The highest BCUT2D eigenvalue weighted by Gasteiger charge is 2.30. The van der Waals surface area contributed by atoms with E-state index in [1.54, 1.807) is 13.2 Å². The molecule has 0 amide bonds. The zero-order chi connectivity index (χ0) is 12.4. The number of aryl methyl sites for hydroxylation is 1. The molecule has 5 heteroatoms. The fourth-order valence-electron chi connectivity index (χ4n) is 2.49. The smallest absolute Gasteiger partial charge is 0.210 e. The van der Waals surface area contributed by atoms with Gasteiger partial charge >= 0.3 is 0 Å². The van der Waals surface area contributed by atoms with Crippen LogP contribution < -0.4 is 0 Å². The maximum atomic E-state index is 12.2. The summed E-state index contributed by atoms with van der Waals surface area (Å²) in [4.78, 5) is 12.2. The number of carbonyl (C=O) groups excluding carboxylic acids is 1. The Kier molecular flexibility index (Phi) is 3.99. The Morgan fingerprint density at radius 3 is 2.71 bits per heavy atom. The molecule has 0 aromatic carbocycles. The summed E-state index contributed by atoms with van der Waals surface area (Å²) in [7, 11) is 1.71. The largest absolute Gasteiger partial charge is 0.385 e. The number of aliphatic hydroxyl groups excluding tert-OH is 1. The standard InChI is InChI=1S/C12H17BrN2O2/c1-15-10(9(13)7-14-15)12(17)11(16)8-5-3-2-4-6-8/h7-8,11,16H,2-6H2,1H3. The van der Waals surface area contributed by atoms with Gasteiger partial charge in [0, 0.05) is 7.05 Å². The van der Waals surface area contributed by atoms with E-state index < -0.39 is 6.10 Å². The number of aliphatic hydroxyl groups is 1. The number of ketones is 1. The number of halogens is 1. The molecule has 17 heavy (non-hydrogen) atoms. The minimum Gasteiger partial charge on any atom is -0.385 e. The van der Waals surface area contributed by atoms with Crippen molar-refractivity contribution in [2.45, 2.75) is 38.2 Å². The van der Waals surface area contributed by atoms with Gasteiger partial charge in [-0.25, -0.2) is 0 Å². The van der Waals surface area contributed by atoms with E-state index in [0.29, 0.717) is 10.2 Å². The maximum absolute atomic E-state index is 12.2. The molecule has 1 heterocycles. The summed E-state index contributed by atoms with van der Waals surface area (Å²) in [6, 6.07) is 0. The van der Waals surface area contributed by atoms with Crippen LogP contribution in [0.2, 0.25) is 0 Å². The summed E-state index contributed by atoms with van der Waals surface area (Å²) in [6.07, 6.45) is 6.03. The van der Waals surface area contributed by atoms with E-state index in [0.717, 1.165) is 25.7 Å². The average Bonchev–Trinajstić information content (AvgIpc) is 2.68. The highest BCUT2D eigenvalue weighted by Crippen LogP contribution is 2.29.